The van der Waals surface area contributed by atoms with Crippen molar-refractivity contribution in [2.24, 2.45) is 0 Å². The Morgan fingerprint density at radius 1 is 1.50 bits per heavy atom. The second kappa shape index (κ2) is 3.77. The van der Waals surface area contributed by atoms with E-state index in [1.54, 1.807) is 6.07 Å². The molecule has 1 aromatic rings. The minimum absolute atomic E-state index is 0.0189. The van der Waals surface area contributed by atoms with Gasteiger partial charge in [-0.25, -0.2) is 4.98 Å². The molecule has 86 valence electrons. The second-order valence-electron chi connectivity index (χ2n) is 4.52. The number of carbonyl (C=O) groups excluding carboxylic acids is 1. The molecule has 1 aromatic heterocycles. The number of amides is 1. The van der Waals surface area contributed by atoms with Crippen molar-refractivity contribution in [3.8, 4) is 5.88 Å². The summed E-state index contributed by atoms with van der Waals surface area (Å²) >= 11 is 0. The average molecular weight is 220 g/mol. The van der Waals surface area contributed by atoms with E-state index >= 15 is 0 Å². The third kappa shape index (κ3) is 2.51. The van der Waals surface area contributed by atoms with Gasteiger partial charge in [0.25, 0.3) is 0 Å². The zero-order chi connectivity index (χ0) is 11.8. The number of aromatic nitrogens is 1. The van der Waals surface area contributed by atoms with Crippen LogP contribution in [0.1, 0.15) is 32.4 Å². The lowest BCUT2D eigenvalue weighted by molar-refractivity contribution is -0.114. The van der Waals surface area contributed by atoms with Crippen LogP contribution in [0.2, 0.25) is 0 Å². The fourth-order valence-corrected chi connectivity index (χ4v) is 1.45. The Bertz CT molecular complexity index is 425. The van der Waals surface area contributed by atoms with E-state index in [1.807, 2.05) is 13.0 Å². The molecule has 0 saturated heterocycles. The zero-order valence-corrected chi connectivity index (χ0v) is 9.83. The quantitative estimate of drug-likeness (QED) is 0.850. The summed E-state index contributed by atoms with van der Waals surface area (Å²) in [5, 5.41) is 2.72. The van der Waals surface area contributed by atoms with Gasteiger partial charge in [-0.1, -0.05) is 0 Å². The molecule has 1 aliphatic rings. The molecule has 0 unspecified atom stereocenters. The highest BCUT2D eigenvalue weighted by molar-refractivity contribution is 5.89. The van der Waals surface area contributed by atoms with Crippen LogP contribution in [0.4, 0.5) is 5.69 Å². The molecular formula is C12H16N2O2. The first kappa shape index (κ1) is 10.9. The van der Waals surface area contributed by atoms with Gasteiger partial charge in [0.1, 0.15) is 5.60 Å². The van der Waals surface area contributed by atoms with Gasteiger partial charge in [0.2, 0.25) is 11.8 Å². The number of anilines is 1. The van der Waals surface area contributed by atoms with Gasteiger partial charge in [-0.2, -0.15) is 0 Å². The molecule has 0 aliphatic heterocycles. The summed E-state index contributed by atoms with van der Waals surface area (Å²) in [6.45, 7) is 5.41. The van der Waals surface area contributed by atoms with Crippen molar-refractivity contribution in [1.82, 2.24) is 4.98 Å². The van der Waals surface area contributed by atoms with Crippen molar-refractivity contribution < 1.29 is 9.53 Å². The van der Waals surface area contributed by atoms with Crippen molar-refractivity contribution in [2.45, 2.75) is 39.2 Å². The van der Waals surface area contributed by atoms with Crippen LogP contribution in [-0.4, -0.2) is 16.5 Å². The number of hydrogen-bond acceptors (Lipinski definition) is 3. The number of nitrogens with zero attached hydrogens (tertiary/aromatic N) is 1. The first-order valence-electron chi connectivity index (χ1n) is 5.43. The first-order chi connectivity index (χ1) is 7.48. The molecule has 1 saturated carbocycles. The summed E-state index contributed by atoms with van der Waals surface area (Å²) in [4.78, 5) is 15.2. The average Bonchev–Trinajstić information content (AvgIpc) is 2.88. The highest BCUT2D eigenvalue weighted by Crippen LogP contribution is 2.39. The van der Waals surface area contributed by atoms with Crippen molar-refractivity contribution in [2.75, 3.05) is 5.32 Å². The predicted octanol–water partition coefficient (Wildman–Crippen LogP) is 2.28. The number of pyridine rings is 1. The van der Waals surface area contributed by atoms with Gasteiger partial charge in [-0.3, -0.25) is 4.79 Å². The Kier molecular flexibility index (Phi) is 2.58. The molecule has 1 fully saturated rings. The molecule has 0 radical (unpaired) electrons. The highest BCUT2D eigenvalue weighted by Gasteiger charge is 2.40. The molecule has 2 rings (SSSR count). The molecule has 0 atom stereocenters. The van der Waals surface area contributed by atoms with Gasteiger partial charge in [0.15, 0.2) is 0 Å². The lowest BCUT2D eigenvalue weighted by Gasteiger charge is -2.13. The number of hydrogen-bond donors (Lipinski definition) is 1. The molecule has 4 heteroatoms. The maximum absolute atomic E-state index is 10.9. The summed E-state index contributed by atoms with van der Waals surface area (Å²) in [6.07, 6.45) is 2.17. The van der Waals surface area contributed by atoms with E-state index < -0.39 is 0 Å². The van der Waals surface area contributed by atoms with E-state index in [4.69, 9.17) is 4.74 Å². The molecule has 1 amide bonds. The molecule has 0 bridgehead atoms. The maximum atomic E-state index is 10.9. The summed E-state index contributed by atoms with van der Waals surface area (Å²) in [5.74, 6) is 0.541. The third-order valence-corrected chi connectivity index (χ3v) is 2.68. The Morgan fingerprint density at radius 2 is 2.19 bits per heavy atom. The molecule has 16 heavy (non-hydrogen) atoms. The predicted molar refractivity (Wildman–Crippen MR) is 61.5 cm³/mol. The summed E-state index contributed by atoms with van der Waals surface area (Å²) in [6, 6.07) is 3.62. The van der Waals surface area contributed by atoms with E-state index in [2.05, 4.69) is 17.2 Å². The van der Waals surface area contributed by atoms with Gasteiger partial charge in [-0.05, 0) is 32.8 Å². The number of ether oxygens (including phenoxy) is 1. The standard InChI is InChI=1S/C12H16N2O2/c1-8-10(14-9(2)15)4-5-11(13-8)16-12(3)6-7-12/h4-5H,6-7H2,1-3H3,(H,14,15). The number of aryl methyl sites for hydroxylation is 1. The van der Waals surface area contributed by atoms with E-state index in [0.29, 0.717) is 5.88 Å². The van der Waals surface area contributed by atoms with E-state index in [1.165, 1.54) is 6.92 Å². The van der Waals surface area contributed by atoms with Gasteiger partial charge >= 0.3 is 0 Å². The Balaban J connectivity index is 2.12. The van der Waals surface area contributed by atoms with Crippen LogP contribution in [0.3, 0.4) is 0 Å². The molecule has 4 nitrogen and oxygen atoms in total. The molecule has 0 spiro atoms. The minimum atomic E-state index is -0.0901. The van der Waals surface area contributed by atoms with E-state index in [0.717, 1.165) is 24.2 Å². The maximum Gasteiger partial charge on any atom is 0.221 e. The van der Waals surface area contributed by atoms with E-state index in [-0.39, 0.29) is 11.5 Å². The van der Waals surface area contributed by atoms with Crippen LogP contribution in [-0.2, 0) is 4.79 Å². The van der Waals surface area contributed by atoms with Crippen LogP contribution >= 0.6 is 0 Å². The molecule has 1 aliphatic carbocycles. The van der Waals surface area contributed by atoms with Gasteiger partial charge in [-0.15, -0.1) is 0 Å². The van der Waals surface area contributed by atoms with Crippen molar-refractivity contribution in [1.29, 1.82) is 0 Å². The summed E-state index contributed by atoms with van der Waals surface area (Å²) < 4.78 is 5.73. The monoisotopic (exact) mass is 220 g/mol. The van der Waals surface area contributed by atoms with Crippen LogP contribution in [0, 0.1) is 6.92 Å². The second-order valence-corrected chi connectivity index (χ2v) is 4.52. The minimum Gasteiger partial charge on any atom is -0.471 e. The largest absolute Gasteiger partial charge is 0.471 e. The number of carbonyl (C=O) groups is 1. The van der Waals surface area contributed by atoms with Crippen LogP contribution in [0.25, 0.3) is 0 Å². The molecular weight excluding hydrogens is 204 g/mol. The Morgan fingerprint density at radius 3 is 2.69 bits per heavy atom. The number of nitrogens with one attached hydrogen (secondary N) is 1. The van der Waals surface area contributed by atoms with Gasteiger partial charge < -0.3 is 10.1 Å². The molecule has 1 N–H and O–H groups in total. The molecule has 1 heterocycles. The van der Waals surface area contributed by atoms with Crippen LogP contribution in [0.15, 0.2) is 12.1 Å². The van der Waals surface area contributed by atoms with Crippen LogP contribution < -0.4 is 10.1 Å². The first-order valence-corrected chi connectivity index (χ1v) is 5.43. The highest BCUT2D eigenvalue weighted by atomic mass is 16.5. The number of rotatable bonds is 3. The Labute approximate surface area is 95.0 Å². The van der Waals surface area contributed by atoms with E-state index in [9.17, 15) is 4.79 Å². The third-order valence-electron chi connectivity index (χ3n) is 2.68. The van der Waals surface area contributed by atoms with Crippen molar-refractivity contribution >= 4 is 11.6 Å². The fraction of sp³-hybridized carbons (Fsp3) is 0.500. The summed E-state index contributed by atoms with van der Waals surface area (Å²) in [5.41, 5.74) is 1.49. The van der Waals surface area contributed by atoms with Crippen molar-refractivity contribution in [3.05, 3.63) is 17.8 Å². The lowest BCUT2D eigenvalue weighted by Crippen LogP contribution is -2.14. The Hall–Kier alpha value is -1.58. The smallest absolute Gasteiger partial charge is 0.221 e. The lowest BCUT2D eigenvalue weighted by atomic mass is 10.3. The normalized spacial score (nSPS) is 16.7. The SMILES string of the molecule is CC(=O)Nc1ccc(OC2(C)CC2)nc1C. The summed E-state index contributed by atoms with van der Waals surface area (Å²) in [7, 11) is 0. The zero-order valence-electron chi connectivity index (χ0n) is 9.83. The molecule has 0 aromatic carbocycles. The fourth-order valence-electron chi connectivity index (χ4n) is 1.45. The van der Waals surface area contributed by atoms with Gasteiger partial charge in [0, 0.05) is 13.0 Å². The topological polar surface area (TPSA) is 51.2 Å². The van der Waals surface area contributed by atoms with Crippen molar-refractivity contribution in [3.63, 3.8) is 0 Å². The van der Waals surface area contributed by atoms with Crippen LogP contribution in [0.5, 0.6) is 5.88 Å². The van der Waals surface area contributed by atoms with Gasteiger partial charge in [0.05, 0.1) is 11.4 Å².